The molecule has 0 bridgehead atoms. The van der Waals surface area contributed by atoms with Crippen LogP contribution in [-0.2, 0) is 20.0 Å². The van der Waals surface area contributed by atoms with Gasteiger partial charge < -0.3 is 5.32 Å². The molecular formula is C12H14BrN3OS. The van der Waals surface area contributed by atoms with E-state index < -0.39 is 0 Å². The molecule has 0 atom stereocenters. The van der Waals surface area contributed by atoms with Crippen molar-refractivity contribution >= 4 is 33.2 Å². The van der Waals surface area contributed by atoms with Crippen molar-refractivity contribution in [2.75, 3.05) is 0 Å². The average Bonchev–Trinajstić information content (AvgIpc) is 2.92. The van der Waals surface area contributed by atoms with Crippen LogP contribution in [0.25, 0.3) is 0 Å². The zero-order valence-corrected chi connectivity index (χ0v) is 12.6. The molecule has 0 unspecified atom stereocenters. The van der Waals surface area contributed by atoms with Gasteiger partial charge in [-0.25, -0.2) is 0 Å². The van der Waals surface area contributed by atoms with Crippen molar-refractivity contribution in [3.05, 3.63) is 38.3 Å². The van der Waals surface area contributed by atoms with E-state index in [1.165, 1.54) is 11.3 Å². The largest absolute Gasteiger partial charge is 0.348 e. The lowest BCUT2D eigenvalue weighted by Crippen LogP contribution is -2.22. The van der Waals surface area contributed by atoms with Crippen molar-refractivity contribution in [1.82, 2.24) is 15.1 Å². The molecule has 2 heterocycles. The van der Waals surface area contributed by atoms with Crippen molar-refractivity contribution in [1.29, 1.82) is 0 Å². The standard InChI is InChI=1S/C12H14BrN3OS/c1-3-10-9(6-16(2)15-10)5-14-12(17)8-4-11(13)18-7-8/h4,6-7H,3,5H2,1-2H3,(H,14,17). The van der Waals surface area contributed by atoms with Crippen molar-refractivity contribution in [3.63, 3.8) is 0 Å². The fourth-order valence-electron chi connectivity index (χ4n) is 1.74. The van der Waals surface area contributed by atoms with Gasteiger partial charge in [-0.15, -0.1) is 11.3 Å². The molecule has 0 saturated carbocycles. The Morgan fingerprint density at radius 3 is 3.00 bits per heavy atom. The predicted molar refractivity (Wildman–Crippen MR) is 75.8 cm³/mol. The highest BCUT2D eigenvalue weighted by Crippen LogP contribution is 2.20. The lowest BCUT2D eigenvalue weighted by Gasteiger charge is -2.03. The van der Waals surface area contributed by atoms with Crippen LogP contribution in [-0.4, -0.2) is 15.7 Å². The SMILES string of the molecule is CCc1nn(C)cc1CNC(=O)c1csc(Br)c1. The molecule has 18 heavy (non-hydrogen) atoms. The van der Waals surface area contributed by atoms with Gasteiger partial charge >= 0.3 is 0 Å². The Labute approximate surface area is 118 Å². The summed E-state index contributed by atoms with van der Waals surface area (Å²) in [6.07, 6.45) is 2.82. The van der Waals surface area contributed by atoms with E-state index in [0.29, 0.717) is 12.1 Å². The fourth-order valence-corrected chi connectivity index (χ4v) is 2.87. The van der Waals surface area contributed by atoms with E-state index in [4.69, 9.17) is 0 Å². The highest BCUT2D eigenvalue weighted by atomic mass is 79.9. The zero-order valence-electron chi connectivity index (χ0n) is 10.2. The molecule has 0 spiro atoms. The number of carbonyl (C=O) groups is 1. The van der Waals surface area contributed by atoms with E-state index >= 15 is 0 Å². The molecule has 0 aliphatic heterocycles. The highest BCUT2D eigenvalue weighted by Gasteiger charge is 2.10. The number of nitrogens with zero attached hydrogens (tertiary/aromatic N) is 2. The second kappa shape index (κ2) is 5.67. The summed E-state index contributed by atoms with van der Waals surface area (Å²) in [4.78, 5) is 11.9. The van der Waals surface area contributed by atoms with Crippen molar-refractivity contribution < 1.29 is 4.79 Å². The maximum absolute atomic E-state index is 11.9. The van der Waals surface area contributed by atoms with Crippen LogP contribution in [0.3, 0.4) is 0 Å². The normalized spacial score (nSPS) is 10.6. The molecule has 0 saturated heterocycles. The summed E-state index contributed by atoms with van der Waals surface area (Å²) < 4.78 is 2.74. The lowest BCUT2D eigenvalue weighted by atomic mass is 10.2. The lowest BCUT2D eigenvalue weighted by molar-refractivity contribution is 0.0951. The minimum Gasteiger partial charge on any atom is -0.348 e. The molecule has 1 N–H and O–H groups in total. The first-order valence-electron chi connectivity index (χ1n) is 5.63. The molecular weight excluding hydrogens is 314 g/mol. The molecule has 2 rings (SSSR count). The van der Waals surface area contributed by atoms with Gasteiger partial charge in [0.05, 0.1) is 15.0 Å². The maximum atomic E-state index is 11.9. The van der Waals surface area contributed by atoms with Crippen molar-refractivity contribution in [2.45, 2.75) is 19.9 Å². The van der Waals surface area contributed by atoms with Gasteiger partial charge in [-0.3, -0.25) is 9.48 Å². The molecule has 4 nitrogen and oxygen atoms in total. The number of hydrogen-bond acceptors (Lipinski definition) is 3. The van der Waals surface area contributed by atoms with Gasteiger partial charge in [-0.1, -0.05) is 6.92 Å². The number of halogens is 1. The zero-order chi connectivity index (χ0) is 13.1. The molecule has 2 aromatic heterocycles. The van der Waals surface area contributed by atoms with Crippen LogP contribution in [0.2, 0.25) is 0 Å². The third-order valence-corrected chi connectivity index (χ3v) is 4.10. The number of amides is 1. The summed E-state index contributed by atoms with van der Waals surface area (Å²) in [7, 11) is 1.89. The number of carbonyl (C=O) groups excluding carboxylic acids is 1. The summed E-state index contributed by atoms with van der Waals surface area (Å²) in [6, 6.07) is 1.82. The Bertz CT molecular complexity index is 561. The van der Waals surface area contributed by atoms with Crippen LogP contribution in [0.5, 0.6) is 0 Å². The van der Waals surface area contributed by atoms with Gasteiger partial charge in [-0.05, 0) is 28.4 Å². The Hall–Kier alpha value is -1.14. The first-order valence-corrected chi connectivity index (χ1v) is 7.31. The highest BCUT2D eigenvalue weighted by molar-refractivity contribution is 9.11. The number of aryl methyl sites for hydroxylation is 2. The summed E-state index contributed by atoms with van der Waals surface area (Å²) >= 11 is 4.85. The summed E-state index contributed by atoms with van der Waals surface area (Å²) in [5.74, 6) is -0.0529. The Morgan fingerprint density at radius 1 is 1.61 bits per heavy atom. The Kier molecular flexibility index (Phi) is 4.19. The Balaban J connectivity index is 2.01. The van der Waals surface area contributed by atoms with Gasteiger partial charge in [0.25, 0.3) is 5.91 Å². The molecule has 0 fully saturated rings. The van der Waals surface area contributed by atoms with Gasteiger partial charge in [0.15, 0.2) is 0 Å². The van der Waals surface area contributed by atoms with E-state index in [9.17, 15) is 4.79 Å². The van der Waals surface area contributed by atoms with Gasteiger partial charge in [0.1, 0.15) is 0 Å². The molecule has 96 valence electrons. The van der Waals surface area contributed by atoms with E-state index in [2.05, 4.69) is 33.3 Å². The number of thiophene rings is 1. The third-order valence-electron chi connectivity index (χ3n) is 2.60. The van der Waals surface area contributed by atoms with Gasteiger partial charge in [0, 0.05) is 30.7 Å². The number of hydrogen-bond donors (Lipinski definition) is 1. The van der Waals surface area contributed by atoms with Crippen molar-refractivity contribution in [3.8, 4) is 0 Å². The third kappa shape index (κ3) is 3.00. The molecule has 0 aliphatic rings. The monoisotopic (exact) mass is 327 g/mol. The number of rotatable bonds is 4. The van der Waals surface area contributed by atoms with Gasteiger partial charge in [-0.2, -0.15) is 5.10 Å². The van der Waals surface area contributed by atoms with Crippen LogP contribution in [0.15, 0.2) is 21.4 Å². The summed E-state index contributed by atoms with van der Waals surface area (Å²) in [5, 5.41) is 9.09. The van der Waals surface area contributed by atoms with Crippen molar-refractivity contribution in [2.24, 2.45) is 7.05 Å². The fraction of sp³-hybridized carbons (Fsp3) is 0.333. The molecule has 1 amide bonds. The second-order valence-corrected chi connectivity index (χ2v) is 6.24. The molecule has 0 aromatic carbocycles. The van der Waals surface area contributed by atoms with Crippen LogP contribution in [0.4, 0.5) is 0 Å². The van der Waals surface area contributed by atoms with Gasteiger partial charge in [0.2, 0.25) is 0 Å². The predicted octanol–water partition coefficient (Wildman–Crippen LogP) is 2.74. The smallest absolute Gasteiger partial charge is 0.252 e. The van der Waals surface area contributed by atoms with E-state index in [0.717, 1.165) is 21.5 Å². The Morgan fingerprint density at radius 2 is 2.39 bits per heavy atom. The van der Waals surface area contributed by atoms with Crippen LogP contribution >= 0.6 is 27.3 Å². The van der Waals surface area contributed by atoms with E-state index in [1.807, 2.05) is 24.7 Å². The maximum Gasteiger partial charge on any atom is 0.252 e. The van der Waals surface area contributed by atoms with Crippen LogP contribution in [0, 0.1) is 0 Å². The number of nitrogens with one attached hydrogen (secondary N) is 1. The molecule has 0 aliphatic carbocycles. The first kappa shape index (κ1) is 13.3. The molecule has 6 heteroatoms. The molecule has 2 aromatic rings. The second-order valence-electron chi connectivity index (χ2n) is 3.95. The van der Waals surface area contributed by atoms with Crippen LogP contribution < -0.4 is 5.32 Å². The topological polar surface area (TPSA) is 46.9 Å². The van der Waals surface area contributed by atoms with E-state index in [-0.39, 0.29) is 5.91 Å². The first-order chi connectivity index (χ1) is 8.60. The van der Waals surface area contributed by atoms with E-state index in [1.54, 1.807) is 4.68 Å². The summed E-state index contributed by atoms with van der Waals surface area (Å²) in [5.41, 5.74) is 2.79. The summed E-state index contributed by atoms with van der Waals surface area (Å²) in [6.45, 7) is 2.58. The minimum absolute atomic E-state index is 0.0529. The average molecular weight is 328 g/mol. The molecule has 0 radical (unpaired) electrons. The quantitative estimate of drug-likeness (QED) is 0.938. The van der Waals surface area contributed by atoms with Crippen LogP contribution in [0.1, 0.15) is 28.5 Å². The minimum atomic E-state index is -0.0529. The number of aromatic nitrogens is 2.